The van der Waals surface area contributed by atoms with Gasteiger partial charge in [0.1, 0.15) is 5.82 Å². The molecule has 106 valence electrons. The summed E-state index contributed by atoms with van der Waals surface area (Å²) >= 11 is 0. The molecule has 0 saturated heterocycles. The van der Waals surface area contributed by atoms with Gasteiger partial charge in [-0.25, -0.2) is 9.78 Å². The van der Waals surface area contributed by atoms with E-state index in [0.717, 1.165) is 29.6 Å². The second kappa shape index (κ2) is 5.40. The molecule has 0 radical (unpaired) electrons. The van der Waals surface area contributed by atoms with Gasteiger partial charge in [-0.1, -0.05) is 18.2 Å². The van der Waals surface area contributed by atoms with E-state index >= 15 is 0 Å². The van der Waals surface area contributed by atoms with Gasteiger partial charge in [0.15, 0.2) is 0 Å². The minimum atomic E-state index is -0.959. The molecule has 0 saturated carbocycles. The van der Waals surface area contributed by atoms with Crippen molar-refractivity contribution >= 4 is 23.6 Å². The van der Waals surface area contributed by atoms with E-state index < -0.39 is 5.97 Å². The highest BCUT2D eigenvalue weighted by molar-refractivity contribution is 5.87. The number of hydrogen-bond acceptors (Lipinski definition) is 3. The summed E-state index contributed by atoms with van der Waals surface area (Å²) in [6, 6.07) is 12.3. The SMILES string of the molecule is CC1Cc2ccccc2N1c1ncccc1/C=C/C(=O)O. The van der Waals surface area contributed by atoms with Crippen LogP contribution in [-0.2, 0) is 11.2 Å². The molecule has 2 heterocycles. The maximum Gasteiger partial charge on any atom is 0.328 e. The smallest absolute Gasteiger partial charge is 0.328 e. The number of hydrogen-bond donors (Lipinski definition) is 1. The predicted octanol–water partition coefficient (Wildman–Crippen LogP) is 3.26. The summed E-state index contributed by atoms with van der Waals surface area (Å²) in [5, 5.41) is 8.82. The molecule has 2 aromatic rings. The summed E-state index contributed by atoms with van der Waals surface area (Å²) in [6.45, 7) is 2.15. The molecule has 4 nitrogen and oxygen atoms in total. The monoisotopic (exact) mass is 280 g/mol. The normalized spacial score (nSPS) is 17.2. The summed E-state index contributed by atoms with van der Waals surface area (Å²) in [6.07, 6.45) is 5.45. The van der Waals surface area contributed by atoms with E-state index in [9.17, 15) is 4.79 Å². The zero-order chi connectivity index (χ0) is 14.8. The Morgan fingerprint density at radius 2 is 2.14 bits per heavy atom. The van der Waals surface area contributed by atoms with E-state index in [-0.39, 0.29) is 0 Å². The van der Waals surface area contributed by atoms with Crippen LogP contribution in [0.2, 0.25) is 0 Å². The van der Waals surface area contributed by atoms with Gasteiger partial charge >= 0.3 is 5.97 Å². The molecular weight excluding hydrogens is 264 g/mol. The second-order valence-corrected chi connectivity index (χ2v) is 5.14. The van der Waals surface area contributed by atoms with Crippen LogP contribution in [0.15, 0.2) is 48.7 Å². The van der Waals surface area contributed by atoms with Crippen molar-refractivity contribution in [3.63, 3.8) is 0 Å². The number of rotatable bonds is 3. The molecule has 21 heavy (non-hydrogen) atoms. The van der Waals surface area contributed by atoms with Gasteiger partial charge < -0.3 is 10.0 Å². The summed E-state index contributed by atoms with van der Waals surface area (Å²) in [5.41, 5.74) is 3.25. The third-order valence-corrected chi connectivity index (χ3v) is 3.66. The van der Waals surface area contributed by atoms with Gasteiger partial charge in [-0.15, -0.1) is 0 Å². The molecule has 1 aliphatic rings. The van der Waals surface area contributed by atoms with Crippen molar-refractivity contribution in [3.05, 3.63) is 59.8 Å². The maximum absolute atomic E-state index is 10.7. The topological polar surface area (TPSA) is 53.4 Å². The molecule has 1 aromatic heterocycles. The Kier molecular flexibility index (Phi) is 3.44. The quantitative estimate of drug-likeness (QED) is 0.877. The van der Waals surface area contributed by atoms with Crippen molar-refractivity contribution < 1.29 is 9.90 Å². The lowest BCUT2D eigenvalue weighted by Crippen LogP contribution is -2.25. The first-order valence-electron chi connectivity index (χ1n) is 6.90. The Balaban J connectivity index is 2.07. The highest BCUT2D eigenvalue weighted by Gasteiger charge is 2.28. The Labute approximate surface area is 123 Å². The van der Waals surface area contributed by atoms with E-state index in [4.69, 9.17) is 5.11 Å². The summed E-state index contributed by atoms with van der Waals surface area (Å²) in [5.74, 6) is -0.160. The number of fused-ring (bicyclic) bond motifs is 1. The fourth-order valence-electron chi connectivity index (χ4n) is 2.79. The largest absolute Gasteiger partial charge is 0.478 e. The first kappa shape index (κ1) is 13.4. The lowest BCUT2D eigenvalue weighted by molar-refractivity contribution is -0.131. The molecule has 1 aliphatic heterocycles. The predicted molar refractivity (Wildman–Crippen MR) is 82.7 cm³/mol. The number of anilines is 2. The van der Waals surface area contributed by atoms with E-state index in [0.29, 0.717) is 6.04 Å². The van der Waals surface area contributed by atoms with Crippen molar-refractivity contribution in [2.45, 2.75) is 19.4 Å². The molecule has 0 amide bonds. The fraction of sp³-hybridized carbons (Fsp3) is 0.176. The molecule has 1 unspecified atom stereocenters. The number of aliphatic carboxylic acids is 1. The van der Waals surface area contributed by atoms with E-state index in [1.807, 2.05) is 24.3 Å². The molecule has 1 aromatic carbocycles. The number of carboxylic acid groups (broad SMARTS) is 1. The number of para-hydroxylation sites is 1. The summed E-state index contributed by atoms with van der Waals surface area (Å²) in [4.78, 5) is 17.4. The van der Waals surface area contributed by atoms with E-state index in [1.54, 1.807) is 12.3 Å². The number of carboxylic acids is 1. The zero-order valence-electron chi connectivity index (χ0n) is 11.7. The Morgan fingerprint density at radius 1 is 1.33 bits per heavy atom. The maximum atomic E-state index is 10.7. The molecule has 0 aliphatic carbocycles. The Bertz CT molecular complexity index is 709. The van der Waals surface area contributed by atoms with Crippen LogP contribution in [0.3, 0.4) is 0 Å². The van der Waals surface area contributed by atoms with Crippen LogP contribution in [0, 0.1) is 0 Å². The summed E-state index contributed by atoms with van der Waals surface area (Å²) in [7, 11) is 0. The van der Waals surface area contributed by atoms with Gasteiger partial charge in [-0.2, -0.15) is 0 Å². The van der Waals surface area contributed by atoms with Crippen LogP contribution in [0.25, 0.3) is 6.08 Å². The van der Waals surface area contributed by atoms with Crippen molar-refractivity contribution in [2.24, 2.45) is 0 Å². The van der Waals surface area contributed by atoms with Gasteiger partial charge in [0, 0.05) is 29.6 Å². The molecule has 0 spiro atoms. The van der Waals surface area contributed by atoms with Crippen LogP contribution < -0.4 is 4.90 Å². The molecular formula is C17H16N2O2. The van der Waals surface area contributed by atoms with Crippen LogP contribution in [0.1, 0.15) is 18.1 Å². The average Bonchev–Trinajstić information content (AvgIpc) is 2.81. The van der Waals surface area contributed by atoms with Crippen LogP contribution >= 0.6 is 0 Å². The molecule has 1 atom stereocenters. The third-order valence-electron chi connectivity index (χ3n) is 3.66. The van der Waals surface area contributed by atoms with Gasteiger partial charge in [-0.05, 0) is 43.2 Å². The van der Waals surface area contributed by atoms with Crippen LogP contribution in [-0.4, -0.2) is 22.1 Å². The van der Waals surface area contributed by atoms with Crippen molar-refractivity contribution in [1.82, 2.24) is 4.98 Å². The minimum absolute atomic E-state index is 0.300. The lowest BCUT2D eigenvalue weighted by Gasteiger charge is -2.25. The second-order valence-electron chi connectivity index (χ2n) is 5.14. The first-order valence-corrected chi connectivity index (χ1v) is 6.90. The zero-order valence-corrected chi connectivity index (χ0v) is 11.7. The number of aromatic nitrogens is 1. The van der Waals surface area contributed by atoms with Gasteiger partial charge in [0.2, 0.25) is 0 Å². The number of benzene rings is 1. The van der Waals surface area contributed by atoms with Crippen LogP contribution in [0.5, 0.6) is 0 Å². The fourth-order valence-corrected chi connectivity index (χ4v) is 2.79. The van der Waals surface area contributed by atoms with Crippen molar-refractivity contribution in [3.8, 4) is 0 Å². The highest BCUT2D eigenvalue weighted by Crippen LogP contribution is 2.38. The van der Waals surface area contributed by atoms with Crippen molar-refractivity contribution in [1.29, 1.82) is 0 Å². The summed E-state index contributed by atoms with van der Waals surface area (Å²) < 4.78 is 0. The standard InChI is InChI=1S/C17H16N2O2/c1-12-11-14-5-2-3-7-15(14)19(12)17-13(6-4-10-18-17)8-9-16(20)21/h2-10,12H,11H2,1H3,(H,20,21)/b9-8+. The first-order chi connectivity index (χ1) is 10.2. The van der Waals surface area contributed by atoms with E-state index in [2.05, 4.69) is 28.9 Å². The average molecular weight is 280 g/mol. The molecule has 0 fully saturated rings. The van der Waals surface area contributed by atoms with E-state index in [1.165, 1.54) is 5.56 Å². The van der Waals surface area contributed by atoms with Gasteiger partial charge in [-0.3, -0.25) is 0 Å². The number of nitrogens with zero attached hydrogens (tertiary/aromatic N) is 2. The molecule has 1 N–H and O–H groups in total. The van der Waals surface area contributed by atoms with Crippen LogP contribution in [0.4, 0.5) is 11.5 Å². The molecule has 4 heteroatoms. The molecule has 3 rings (SSSR count). The highest BCUT2D eigenvalue weighted by atomic mass is 16.4. The number of carbonyl (C=O) groups is 1. The molecule has 0 bridgehead atoms. The Hall–Kier alpha value is -2.62. The lowest BCUT2D eigenvalue weighted by atomic mass is 10.1. The van der Waals surface area contributed by atoms with Crippen molar-refractivity contribution in [2.75, 3.05) is 4.90 Å². The third kappa shape index (κ3) is 2.52. The van der Waals surface area contributed by atoms with Gasteiger partial charge in [0.05, 0.1) is 0 Å². The number of pyridine rings is 1. The Morgan fingerprint density at radius 3 is 2.95 bits per heavy atom. The van der Waals surface area contributed by atoms with Gasteiger partial charge in [0.25, 0.3) is 0 Å². The minimum Gasteiger partial charge on any atom is -0.478 e.